The van der Waals surface area contributed by atoms with Crippen LogP contribution < -0.4 is 10.6 Å². The molecule has 0 aromatic heterocycles. The highest BCUT2D eigenvalue weighted by Gasteiger charge is 2.22. The topological polar surface area (TPSA) is 48.9 Å². The Balaban J connectivity index is 1.59. The zero-order chi connectivity index (χ0) is 18.9. The Labute approximate surface area is 166 Å². The normalized spacial score (nSPS) is 16.7. The highest BCUT2D eigenvalue weighted by Crippen LogP contribution is 2.21. The van der Waals surface area contributed by atoms with Gasteiger partial charge in [-0.15, -0.1) is 0 Å². The van der Waals surface area contributed by atoms with E-state index in [-0.39, 0.29) is 6.04 Å². The number of nitrogens with zero attached hydrogens (tertiary/aromatic N) is 2. The van der Waals surface area contributed by atoms with Crippen molar-refractivity contribution in [2.24, 2.45) is 4.99 Å². The van der Waals surface area contributed by atoms with Gasteiger partial charge in [0.15, 0.2) is 5.96 Å². The number of guanidine groups is 1. The van der Waals surface area contributed by atoms with Crippen molar-refractivity contribution >= 4 is 17.6 Å². The lowest BCUT2D eigenvalue weighted by atomic mass is 10.0. The van der Waals surface area contributed by atoms with Crippen molar-refractivity contribution in [2.45, 2.75) is 12.6 Å². The van der Waals surface area contributed by atoms with Crippen LogP contribution in [0.2, 0.25) is 5.02 Å². The zero-order valence-electron chi connectivity index (χ0n) is 15.7. The second-order valence-electron chi connectivity index (χ2n) is 6.51. The van der Waals surface area contributed by atoms with Gasteiger partial charge in [0.2, 0.25) is 0 Å². The van der Waals surface area contributed by atoms with E-state index in [4.69, 9.17) is 16.3 Å². The van der Waals surface area contributed by atoms with Gasteiger partial charge in [0.1, 0.15) is 0 Å². The maximum Gasteiger partial charge on any atom is 0.191 e. The van der Waals surface area contributed by atoms with Crippen molar-refractivity contribution < 1.29 is 4.74 Å². The van der Waals surface area contributed by atoms with Gasteiger partial charge >= 0.3 is 0 Å². The van der Waals surface area contributed by atoms with E-state index in [1.165, 1.54) is 5.56 Å². The summed E-state index contributed by atoms with van der Waals surface area (Å²) in [6, 6.07) is 18.7. The average molecular weight is 387 g/mol. The zero-order valence-corrected chi connectivity index (χ0v) is 16.5. The molecule has 6 heteroatoms. The molecule has 0 radical (unpaired) electrons. The Morgan fingerprint density at radius 1 is 1.07 bits per heavy atom. The van der Waals surface area contributed by atoms with Crippen LogP contribution in [0, 0.1) is 0 Å². The van der Waals surface area contributed by atoms with Crippen molar-refractivity contribution in [3.05, 3.63) is 70.7 Å². The average Bonchev–Trinajstić information content (AvgIpc) is 2.73. The summed E-state index contributed by atoms with van der Waals surface area (Å²) in [7, 11) is 1.80. The first-order chi connectivity index (χ1) is 13.3. The molecular formula is C21H27ClN4O. The van der Waals surface area contributed by atoms with Crippen molar-refractivity contribution in [1.82, 2.24) is 15.5 Å². The lowest BCUT2D eigenvalue weighted by Crippen LogP contribution is -2.46. The standard InChI is InChI=1S/C21H27ClN4O/c1-23-21(24-15-17-7-9-19(22)10-8-17)25-16-20(18-5-3-2-4-6-18)26-11-13-27-14-12-26/h2-10,20H,11-16H2,1H3,(H2,23,24,25). The number of halogens is 1. The maximum absolute atomic E-state index is 5.95. The van der Waals surface area contributed by atoms with Gasteiger partial charge in [-0.3, -0.25) is 9.89 Å². The van der Waals surface area contributed by atoms with Crippen molar-refractivity contribution in [3.63, 3.8) is 0 Å². The summed E-state index contributed by atoms with van der Waals surface area (Å²) in [6.07, 6.45) is 0. The highest BCUT2D eigenvalue weighted by atomic mass is 35.5. The van der Waals surface area contributed by atoms with Gasteiger partial charge in [0, 0.05) is 38.2 Å². The molecule has 1 heterocycles. The van der Waals surface area contributed by atoms with Gasteiger partial charge < -0.3 is 15.4 Å². The number of hydrogen-bond acceptors (Lipinski definition) is 3. The van der Waals surface area contributed by atoms with E-state index < -0.39 is 0 Å². The Kier molecular flexibility index (Phi) is 7.51. The van der Waals surface area contributed by atoms with E-state index in [0.29, 0.717) is 6.54 Å². The number of benzene rings is 2. The number of aliphatic imine (C=N–C) groups is 1. The molecule has 1 saturated heterocycles. The molecule has 0 amide bonds. The Bertz CT molecular complexity index is 715. The van der Waals surface area contributed by atoms with E-state index in [1.54, 1.807) is 7.05 Å². The quantitative estimate of drug-likeness (QED) is 0.591. The van der Waals surface area contributed by atoms with Crippen LogP contribution >= 0.6 is 11.6 Å². The largest absolute Gasteiger partial charge is 0.379 e. The lowest BCUT2D eigenvalue weighted by Gasteiger charge is -2.35. The summed E-state index contributed by atoms with van der Waals surface area (Å²) < 4.78 is 5.52. The van der Waals surface area contributed by atoms with E-state index in [2.05, 4.69) is 50.9 Å². The molecule has 2 N–H and O–H groups in total. The fourth-order valence-electron chi connectivity index (χ4n) is 3.22. The second kappa shape index (κ2) is 10.3. The minimum Gasteiger partial charge on any atom is -0.379 e. The summed E-state index contributed by atoms with van der Waals surface area (Å²) in [5.74, 6) is 0.791. The Morgan fingerprint density at radius 3 is 2.44 bits per heavy atom. The predicted molar refractivity (Wildman–Crippen MR) is 111 cm³/mol. The minimum absolute atomic E-state index is 0.282. The molecule has 1 aliphatic heterocycles. The number of hydrogen-bond donors (Lipinski definition) is 2. The summed E-state index contributed by atoms with van der Waals surface area (Å²) in [5, 5.41) is 7.59. The van der Waals surface area contributed by atoms with Crippen LogP contribution in [0.3, 0.4) is 0 Å². The molecule has 1 aliphatic rings. The van der Waals surface area contributed by atoms with Crippen LogP contribution in [0.1, 0.15) is 17.2 Å². The minimum atomic E-state index is 0.282. The first kappa shape index (κ1) is 19.7. The molecule has 0 saturated carbocycles. The van der Waals surface area contributed by atoms with Gasteiger partial charge in [0.05, 0.1) is 19.3 Å². The summed E-state index contributed by atoms with van der Waals surface area (Å²) in [4.78, 5) is 6.83. The number of ether oxygens (including phenoxy) is 1. The van der Waals surface area contributed by atoms with Crippen LogP contribution in [-0.4, -0.2) is 50.8 Å². The van der Waals surface area contributed by atoms with E-state index >= 15 is 0 Å². The van der Waals surface area contributed by atoms with Gasteiger partial charge in [-0.1, -0.05) is 54.1 Å². The summed E-state index contributed by atoms with van der Waals surface area (Å²) in [5.41, 5.74) is 2.47. The molecular weight excluding hydrogens is 360 g/mol. The Hall–Kier alpha value is -2.08. The smallest absolute Gasteiger partial charge is 0.191 e. The first-order valence-corrected chi connectivity index (χ1v) is 9.70. The maximum atomic E-state index is 5.95. The molecule has 1 atom stereocenters. The van der Waals surface area contributed by atoms with Gasteiger partial charge in [-0.2, -0.15) is 0 Å². The van der Waals surface area contributed by atoms with Crippen molar-refractivity contribution in [2.75, 3.05) is 39.9 Å². The van der Waals surface area contributed by atoms with Gasteiger partial charge in [-0.25, -0.2) is 0 Å². The van der Waals surface area contributed by atoms with E-state index in [1.807, 2.05) is 24.3 Å². The van der Waals surface area contributed by atoms with E-state index in [9.17, 15) is 0 Å². The summed E-state index contributed by atoms with van der Waals surface area (Å²) in [6.45, 7) is 4.94. The van der Waals surface area contributed by atoms with Crippen LogP contribution in [0.25, 0.3) is 0 Å². The molecule has 1 fully saturated rings. The fraction of sp³-hybridized carbons (Fsp3) is 0.381. The molecule has 144 valence electrons. The van der Waals surface area contributed by atoms with Crippen LogP contribution in [0.15, 0.2) is 59.6 Å². The number of morpholine rings is 1. The molecule has 0 spiro atoms. The lowest BCUT2D eigenvalue weighted by molar-refractivity contribution is 0.0170. The molecule has 0 bridgehead atoms. The third-order valence-corrected chi connectivity index (χ3v) is 4.98. The number of nitrogens with one attached hydrogen (secondary N) is 2. The number of rotatable bonds is 6. The molecule has 3 rings (SSSR count). The van der Waals surface area contributed by atoms with E-state index in [0.717, 1.165) is 49.4 Å². The van der Waals surface area contributed by atoms with Gasteiger partial charge in [-0.05, 0) is 23.3 Å². The SMILES string of the molecule is CN=C(NCc1ccc(Cl)cc1)NCC(c1ccccc1)N1CCOCC1. The Morgan fingerprint density at radius 2 is 1.78 bits per heavy atom. The third-order valence-electron chi connectivity index (χ3n) is 4.73. The van der Waals surface area contributed by atoms with Crippen molar-refractivity contribution in [3.8, 4) is 0 Å². The molecule has 2 aromatic rings. The third kappa shape index (κ3) is 5.96. The second-order valence-corrected chi connectivity index (χ2v) is 6.94. The van der Waals surface area contributed by atoms with Crippen LogP contribution in [-0.2, 0) is 11.3 Å². The van der Waals surface area contributed by atoms with Crippen LogP contribution in [0.4, 0.5) is 0 Å². The van der Waals surface area contributed by atoms with Gasteiger partial charge in [0.25, 0.3) is 0 Å². The predicted octanol–water partition coefficient (Wildman–Crippen LogP) is 3.08. The summed E-state index contributed by atoms with van der Waals surface area (Å²) >= 11 is 5.95. The molecule has 27 heavy (non-hydrogen) atoms. The molecule has 5 nitrogen and oxygen atoms in total. The fourth-order valence-corrected chi connectivity index (χ4v) is 3.35. The van der Waals surface area contributed by atoms with Crippen molar-refractivity contribution in [1.29, 1.82) is 0 Å². The first-order valence-electron chi connectivity index (χ1n) is 9.32. The monoisotopic (exact) mass is 386 g/mol. The highest BCUT2D eigenvalue weighted by molar-refractivity contribution is 6.30. The molecule has 0 aliphatic carbocycles. The molecule has 2 aromatic carbocycles. The molecule has 1 unspecified atom stereocenters. The van der Waals surface area contributed by atoms with Crippen LogP contribution in [0.5, 0.6) is 0 Å².